The number of carbonyl (C=O) groups excluding carboxylic acids is 1. The molecule has 0 saturated carbocycles. The van der Waals surface area contributed by atoms with Gasteiger partial charge in [-0.1, -0.05) is 12.1 Å². The Hall–Kier alpha value is -2.36. The minimum atomic E-state index is -0.380. The van der Waals surface area contributed by atoms with Crippen LogP contribution in [-0.2, 0) is 11.3 Å². The van der Waals surface area contributed by atoms with Crippen LogP contribution >= 0.6 is 0 Å². The second kappa shape index (κ2) is 5.52. The highest BCUT2D eigenvalue weighted by atomic mass is 16.5. The number of nitrogens with two attached hydrogens (primary N) is 1. The Morgan fingerprint density at radius 1 is 1.26 bits per heavy atom. The van der Waals surface area contributed by atoms with Crippen LogP contribution in [0.1, 0.15) is 27.2 Å². The van der Waals surface area contributed by atoms with Crippen molar-refractivity contribution in [3.63, 3.8) is 0 Å². The number of pyridine rings is 1. The summed E-state index contributed by atoms with van der Waals surface area (Å²) in [6.07, 6.45) is 1.68. The molecule has 98 valence electrons. The second-order valence-corrected chi connectivity index (χ2v) is 4.36. The Balaban J connectivity index is 2.10. The van der Waals surface area contributed by atoms with Gasteiger partial charge in [-0.05, 0) is 43.2 Å². The van der Waals surface area contributed by atoms with Crippen LogP contribution in [-0.4, -0.2) is 11.0 Å². The monoisotopic (exact) mass is 256 g/mol. The van der Waals surface area contributed by atoms with Gasteiger partial charge in [-0.25, -0.2) is 4.79 Å². The maximum Gasteiger partial charge on any atom is 0.338 e. The summed E-state index contributed by atoms with van der Waals surface area (Å²) in [6, 6.07) is 8.99. The lowest BCUT2D eigenvalue weighted by molar-refractivity contribution is 0.0466. The second-order valence-electron chi connectivity index (χ2n) is 4.36. The van der Waals surface area contributed by atoms with Crippen molar-refractivity contribution in [2.24, 2.45) is 0 Å². The van der Waals surface area contributed by atoms with Gasteiger partial charge in [0, 0.05) is 11.9 Å². The predicted molar refractivity (Wildman–Crippen MR) is 73.7 cm³/mol. The summed E-state index contributed by atoms with van der Waals surface area (Å²) in [5, 5.41) is 0. The summed E-state index contributed by atoms with van der Waals surface area (Å²) in [5.74, 6) is -0.380. The Kier molecular flexibility index (Phi) is 3.80. The summed E-state index contributed by atoms with van der Waals surface area (Å²) in [5.41, 5.74) is 9.35. The molecule has 2 rings (SSSR count). The normalized spacial score (nSPS) is 10.2. The molecule has 0 aliphatic heterocycles. The van der Waals surface area contributed by atoms with E-state index in [-0.39, 0.29) is 12.6 Å². The molecule has 0 spiro atoms. The number of ether oxygens (including phenoxy) is 1. The topological polar surface area (TPSA) is 65.2 Å². The quantitative estimate of drug-likeness (QED) is 0.677. The number of nitrogens with zero attached hydrogens (tertiary/aromatic N) is 1. The molecule has 2 aromatic rings. The number of carbonyl (C=O) groups is 1. The molecule has 1 aromatic carbocycles. The third kappa shape index (κ3) is 2.91. The molecule has 19 heavy (non-hydrogen) atoms. The van der Waals surface area contributed by atoms with E-state index < -0.39 is 0 Å². The Labute approximate surface area is 112 Å². The van der Waals surface area contributed by atoms with Crippen LogP contribution in [0.2, 0.25) is 0 Å². The van der Waals surface area contributed by atoms with E-state index in [0.29, 0.717) is 11.3 Å². The van der Waals surface area contributed by atoms with E-state index in [1.165, 1.54) is 0 Å². The largest absolute Gasteiger partial charge is 0.456 e. The van der Waals surface area contributed by atoms with Gasteiger partial charge in [0.25, 0.3) is 0 Å². The van der Waals surface area contributed by atoms with Crippen molar-refractivity contribution in [1.29, 1.82) is 0 Å². The molecule has 0 radical (unpaired) electrons. The number of hydrogen-bond acceptors (Lipinski definition) is 4. The van der Waals surface area contributed by atoms with Gasteiger partial charge < -0.3 is 10.5 Å². The van der Waals surface area contributed by atoms with Gasteiger partial charge >= 0.3 is 5.97 Å². The zero-order chi connectivity index (χ0) is 13.8. The molecule has 0 saturated heterocycles. The first kappa shape index (κ1) is 13.1. The number of esters is 1. The molecule has 0 unspecified atom stereocenters. The van der Waals surface area contributed by atoms with Gasteiger partial charge in [-0.3, -0.25) is 4.98 Å². The van der Waals surface area contributed by atoms with Crippen LogP contribution in [0, 0.1) is 13.8 Å². The smallest absolute Gasteiger partial charge is 0.338 e. The number of aryl methyl sites for hydroxylation is 1. The molecule has 2 N–H and O–H groups in total. The van der Waals surface area contributed by atoms with Crippen molar-refractivity contribution in [3.8, 4) is 0 Å². The van der Waals surface area contributed by atoms with Crippen molar-refractivity contribution in [2.45, 2.75) is 20.5 Å². The van der Waals surface area contributed by atoms with Crippen molar-refractivity contribution < 1.29 is 9.53 Å². The zero-order valence-corrected chi connectivity index (χ0v) is 11.0. The average molecular weight is 256 g/mol. The molecular formula is C15H16N2O2. The van der Waals surface area contributed by atoms with Crippen LogP contribution in [0.4, 0.5) is 5.69 Å². The van der Waals surface area contributed by atoms with E-state index in [2.05, 4.69) is 4.98 Å². The highest BCUT2D eigenvalue weighted by Gasteiger charge is 2.12. The lowest BCUT2D eigenvalue weighted by Gasteiger charge is -2.09. The number of anilines is 1. The van der Waals surface area contributed by atoms with Crippen LogP contribution in [0.3, 0.4) is 0 Å². The number of benzene rings is 1. The van der Waals surface area contributed by atoms with E-state index in [4.69, 9.17) is 10.5 Å². The van der Waals surface area contributed by atoms with E-state index >= 15 is 0 Å². The maximum absolute atomic E-state index is 12.0. The molecule has 0 bridgehead atoms. The summed E-state index contributed by atoms with van der Waals surface area (Å²) in [4.78, 5) is 16.2. The van der Waals surface area contributed by atoms with E-state index in [9.17, 15) is 4.79 Å². The van der Waals surface area contributed by atoms with E-state index in [1.54, 1.807) is 31.3 Å². The van der Waals surface area contributed by atoms with Gasteiger partial charge in [0.05, 0.1) is 11.3 Å². The third-order valence-corrected chi connectivity index (χ3v) is 3.05. The van der Waals surface area contributed by atoms with Crippen LogP contribution < -0.4 is 5.73 Å². The van der Waals surface area contributed by atoms with Crippen molar-refractivity contribution in [2.75, 3.05) is 5.73 Å². The van der Waals surface area contributed by atoms with Gasteiger partial charge in [0.1, 0.15) is 6.61 Å². The van der Waals surface area contributed by atoms with Gasteiger partial charge in [-0.15, -0.1) is 0 Å². The number of rotatable bonds is 3. The van der Waals surface area contributed by atoms with Crippen molar-refractivity contribution in [1.82, 2.24) is 4.98 Å². The van der Waals surface area contributed by atoms with E-state index in [1.807, 2.05) is 19.1 Å². The molecular weight excluding hydrogens is 240 g/mol. The fourth-order valence-corrected chi connectivity index (χ4v) is 1.76. The fourth-order valence-electron chi connectivity index (χ4n) is 1.76. The highest BCUT2D eigenvalue weighted by molar-refractivity contribution is 5.92. The molecule has 0 fully saturated rings. The van der Waals surface area contributed by atoms with E-state index in [0.717, 1.165) is 16.8 Å². The first-order valence-electron chi connectivity index (χ1n) is 6.02. The number of aromatic nitrogens is 1. The predicted octanol–water partition coefficient (Wildman–Crippen LogP) is 2.64. The lowest BCUT2D eigenvalue weighted by Crippen LogP contribution is -2.09. The molecule has 0 aliphatic carbocycles. The minimum absolute atomic E-state index is 0.166. The molecule has 0 amide bonds. The standard InChI is InChI=1S/C15H16N2O2/c1-10-5-4-8-17-14(10)9-19-15(18)12-6-3-7-13(16)11(12)2/h3-8H,9,16H2,1-2H3. The molecule has 4 nitrogen and oxygen atoms in total. The number of hydrogen-bond donors (Lipinski definition) is 1. The van der Waals surface area contributed by atoms with Crippen molar-refractivity contribution in [3.05, 3.63) is 58.9 Å². The lowest BCUT2D eigenvalue weighted by atomic mass is 10.1. The van der Waals surface area contributed by atoms with Gasteiger partial charge in [0.2, 0.25) is 0 Å². The molecule has 4 heteroatoms. The highest BCUT2D eigenvalue weighted by Crippen LogP contribution is 2.17. The first-order chi connectivity index (χ1) is 9.09. The summed E-state index contributed by atoms with van der Waals surface area (Å²) in [7, 11) is 0. The molecule has 1 aromatic heterocycles. The van der Waals surface area contributed by atoms with Crippen LogP contribution in [0.15, 0.2) is 36.5 Å². The van der Waals surface area contributed by atoms with Gasteiger partial charge in [0.15, 0.2) is 0 Å². The molecule has 0 aliphatic rings. The zero-order valence-electron chi connectivity index (χ0n) is 11.0. The Morgan fingerprint density at radius 2 is 2.05 bits per heavy atom. The summed E-state index contributed by atoms with van der Waals surface area (Å²) < 4.78 is 5.27. The Bertz CT molecular complexity index is 609. The van der Waals surface area contributed by atoms with Gasteiger partial charge in [-0.2, -0.15) is 0 Å². The first-order valence-corrected chi connectivity index (χ1v) is 6.02. The maximum atomic E-state index is 12.0. The molecule has 0 atom stereocenters. The SMILES string of the molecule is Cc1cccnc1COC(=O)c1cccc(N)c1C. The van der Waals surface area contributed by atoms with Crippen molar-refractivity contribution >= 4 is 11.7 Å². The fraction of sp³-hybridized carbons (Fsp3) is 0.200. The summed E-state index contributed by atoms with van der Waals surface area (Å²) >= 11 is 0. The molecule has 1 heterocycles. The van der Waals surface area contributed by atoms with Crippen LogP contribution in [0.25, 0.3) is 0 Å². The number of nitrogen functional groups attached to an aromatic ring is 1. The summed E-state index contributed by atoms with van der Waals surface area (Å²) in [6.45, 7) is 3.90. The average Bonchev–Trinajstić information content (AvgIpc) is 2.40. The minimum Gasteiger partial charge on any atom is -0.456 e. The third-order valence-electron chi connectivity index (χ3n) is 3.05. The Morgan fingerprint density at radius 3 is 2.79 bits per heavy atom. The van der Waals surface area contributed by atoms with Crippen LogP contribution in [0.5, 0.6) is 0 Å².